The first-order valence-electron chi connectivity index (χ1n) is 8.42. The summed E-state index contributed by atoms with van der Waals surface area (Å²) in [6.45, 7) is 0.110. The number of carbonyl (C=O) groups excluding carboxylic acids is 2. The molecule has 0 aliphatic rings. The van der Waals surface area contributed by atoms with E-state index in [0.29, 0.717) is 23.0 Å². The van der Waals surface area contributed by atoms with Crippen LogP contribution in [0.15, 0.2) is 60.9 Å². The van der Waals surface area contributed by atoms with Gasteiger partial charge in [-0.3, -0.25) is 9.48 Å². The van der Waals surface area contributed by atoms with Crippen molar-refractivity contribution in [2.45, 2.75) is 6.54 Å². The van der Waals surface area contributed by atoms with Gasteiger partial charge in [0.05, 0.1) is 30.4 Å². The van der Waals surface area contributed by atoms with E-state index < -0.39 is 18.5 Å². The molecule has 1 heterocycles. The number of benzene rings is 2. The highest BCUT2D eigenvalue weighted by atomic mass is 35.5. The highest BCUT2D eigenvalue weighted by Crippen LogP contribution is 2.27. The van der Waals surface area contributed by atoms with E-state index in [1.165, 1.54) is 13.3 Å². The number of carbonyl (C=O) groups is 2. The van der Waals surface area contributed by atoms with Gasteiger partial charge in [-0.05, 0) is 23.8 Å². The van der Waals surface area contributed by atoms with Gasteiger partial charge in [0.15, 0.2) is 6.61 Å². The van der Waals surface area contributed by atoms with Gasteiger partial charge < -0.3 is 14.8 Å². The molecule has 0 radical (unpaired) electrons. The van der Waals surface area contributed by atoms with E-state index >= 15 is 0 Å². The number of methoxy groups -OCH3 is 1. The van der Waals surface area contributed by atoms with Gasteiger partial charge >= 0.3 is 5.97 Å². The topological polar surface area (TPSA) is 82.4 Å². The highest BCUT2D eigenvalue weighted by Gasteiger charge is 2.13. The minimum Gasteiger partial charge on any atom is -0.495 e. The van der Waals surface area contributed by atoms with Gasteiger partial charge in [-0.2, -0.15) is 5.10 Å². The molecule has 2 aromatic carbocycles. The number of nitrogens with one attached hydrogen (secondary N) is 1. The van der Waals surface area contributed by atoms with Gasteiger partial charge in [-0.25, -0.2) is 4.79 Å². The van der Waals surface area contributed by atoms with Crippen molar-refractivity contribution in [3.05, 3.63) is 77.1 Å². The molecule has 28 heavy (non-hydrogen) atoms. The second-order valence-electron chi connectivity index (χ2n) is 5.89. The van der Waals surface area contributed by atoms with Crippen molar-refractivity contribution in [2.75, 3.05) is 19.0 Å². The summed E-state index contributed by atoms with van der Waals surface area (Å²) in [6.07, 6.45) is 2.99. The number of ether oxygens (including phenoxy) is 2. The third-order valence-corrected chi connectivity index (χ3v) is 4.12. The molecule has 1 aromatic heterocycles. The number of hydrogen-bond acceptors (Lipinski definition) is 5. The van der Waals surface area contributed by atoms with Gasteiger partial charge in [0.2, 0.25) is 0 Å². The lowest BCUT2D eigenvalue weighted by Gasteiger charge is -2.08. The summed E-state index contributed by atoms with van der Waals surface area (Å²) < 4.78 is 11.7. The molecule has 3 aromatic rings. The number of anilines is 1. The number of rotatable bonds is 7. The van der Waals surface area contributed by atoms with Gasteiger partial charge in [0.1, 0.15) is 5.75 Å². The van der Waals surface area contributed by atoms with Crippen molar-refractivity contribution >= 4 is 29.2 Å². The Morgan fingerprint density at radius 1 is 1.18 bits per heavy atom. The predicted octanol–water partition coefficient (Wildman–Crippen LogP) is 3.39. The normalized spacial score (nSPS) is 10.4. The molecular weight excluding hydrogens is 382 g/mol. The number of esters is 1. The molecule has 0 aliphatic carbocycles. The Morgan fingerprint density at radius 2 is 1.96 bits per heavy atom. The van der Waals surface area contributed by atoms with Crippen LogP contribution < -0.4 is 10.1 Å². The van der Waals surface area contributed by atoms with Crippen LogP contribution in [0.4, 0.5) is 5.69 Å². The van der Waals surface area contributed by atoms with Crippen LogP contribution in [0.2, 0.25) is 5.02 Å². The lowest BCUT2D eigenvalue weighted by Crippen LogP contribution is -2.20. The number of aromatic nitrogens is 2. The van der Waals surface area contributed by atoms with Crippen LogP contribution in [-0.2, 0) is 16.1 Å². The maximum absolute atomic E-state index is 12.1. The summed E-state index contributed by atoms with van der Waals surface area (Å²) >= 11 is 6.01. The lowest BCUT2D eigenvalue weighted by atomic mass is 10.2. The van der Waals surface area contributed by atoms with Crippen molar-refractivity contribution in [2.24, 2.45) is 0 Å². The predicted molar refractivity (Wildman–Crippen MR) is 105 cm³/mol. The van der Waals surface area contributed by atoms with Crippen molar-refractivity contribution in [3.63, 3.8) is 0 Å². The van der Waals surface area contributed by atoms with E-state index in [1.807, 2.05) is 30.3 Å². The minimum atomic E-state index is -0.623. The molecule has 0 atom stereocenters. The Morgan fingerprint density at radius 3 is 2.68 bits per heavy atom. The number of amides is 1. The van der Waals surface area contributed by atoms with Gasteiger partial charge in [-0.1, -0.05) is 41.9 Å². The third kappa shape index (κ3) is 5.11. The second-order valence-corrected chi connectivity index (χ2v) is 6.29. The van der Waals surface area contributed by atoms with Crippen LogP contribution in [0, 0.1) is 0 Å². The Balaban J connectivity index is 1.51. The van der Waals surface area contributed by atoms with E-state index in [4.69, 9.17) is 21.1 Å². The third-order valence-electron chi connectivity index (χ3n) is 3.83. The Kier molecular flexibility index (Phi) is 6.29. The zero-order valence-corrected chi connectivity index (χ0v) is 15.8. The first-order chi connectivity index (χ1) is 13.5. The van der Waals surface area contributed by atoms with Crippen LogP contribution >= 0.6 is 11.6 Å². The first-order valence-corrected chi connectivity index (χ1v) is 8.80. The van der Waals surface area contributed by atoms with Gasteiger partial charge in [0.25, 0.3) is 5.91 Å². The Labute approximate surface area is 166 Å². The maximum Gasteiger partial charge on any atom is 0.341 e. The van der Waals surface area contributed by atoms with Crippen LogP contribution in [0.1, 0.15) is 15.9 Å². The molecule has 144 valence electrons. The van der Waals surface area contributed by atoms with E-state index in [9.17, 15) is 9.59 Å². The molecule has 0 spiro atoms. The molecule has 7 nitrogen and oxygen atoms in total. The molecule has 0 saturated heterocycles. The standard InChI is InChI=1S/C20H18ClN3O4/c1-27-18-8-7-16(9-17(18)21)23-19(25)13-28-20(26)15-10-22-24(12-15)11-14-5-3-2-4-6-14/h2-10,12H,11,13H2,1H3,(H,23,25). The van der Waals surface area contributed by atoms with E-state index in [2.05, 4.69) is 10.4 Å². The van der Waals surface area contributed by atoms with Gasteiger partial charge in [0, 0.05) is 11.9 Å². The summed E-state index contributed by atoms with van der Waals surface area (Å²) in [6, 6.07) is 14.5. The van der Waals surface area contributed by atoms with Crippen molar-refractivity contribution < 1.29 is 19.1 Å². The lowest BCUT2D eigenvalue weighted by molar-refractivity contribution is -0.119. The molecule has 0 saturated carbocycles. The van der Waals surface area contributed by atoms with Crippen LogP contribution in [0.25, 0.3) is 0 Å². The average Bonchev–Trinajstić information content (AvgIpc) is 3.15. The summed E-state index contributed by atoms with van der Waals surface area (Å²) in [7, 11) is 1.50. The molecule has 0 aliphatic heterocycles. The monoisotopic (exact) mass is 399 g/mol. The molecule has 0 unspecified atom stereocenters. The Bertz CT molecular complexity index is 973. The first kappa shape index (κ1) is 19.4. The fourth-order valence-corrected chi connectivity index (χ4v) is 2.74. The smallest absolute Gasteiger partial charge is 0.341 e. The largest absolute Gasteiger partial charge is 0.495 e. The molecule has 1 N–H and O–H groups in total. The molecule has 0 bridgehead atoms. The number of hydrogen-bond donors (Lipinski definition) is 1. The number of nitrogens with zero attached hydrogens (tertiary/aromatic N) is 2. The SMILES string of the molecule is COc1ccc(NC(=O)COC(=O)c2cnn(Cc3ccccc3)c2)cc1Cl. The molecule has 3 rings (SSSR count). The second kappa shape index (κ2) is 9.05. The minimum absolute atomic E-state index is 0.274. The van der Waals surface area contributed by atoms with Crippen molar-refractivity contribution in [1.82, 2.24) is 9.78 Å². The van der Waals surface area contributed by atoms with E-state index in [1.54, 1.807) is 29.1 Å². The van der Waals surface area contributed by atoms with Crippen LogP contribution in [-0.4, -0.2) is 35.4 Å². The summed E-state index contributed by atoms with van der Waals surface area (Å²) in [5, 5.41) is 7.11. The van der Waals surface area contributed by atoms with Crippen molar-refractivity contribution in [1.29, 1.82) is 0 Å². The highest BCUT2D eigenvalue weighted by molar-refractivity contribution is 6.32. The average molecular weight is 400 g/mol. The van der Waals surface area contributed by atoms with Crippen molar-refractivity contribution in [3.8, 4) is 5.75 Å². The van der Waals surface area contributed by atoms with Crippen LogP contribution in [0.3, 0.4) is 0 Å². The maximum atomic E-state index is 12.1. The van der Waals surface area contributed by atoms with E-state index in [-0.39, 0.29) is 5.56 Å². The Hall–Kier alpha value is -3.32. The summed E-state index contributed by atoms with van der Waals surface area (Å²) in [5.74, 6) is -0.605. The molecular formula is C20H18ClN3O4. The summed E-state index contributed by atoms with van der Waals surface area (Å²) in [4.78, 5) is 24.1. The number of halogens is 1. The molecule has 8 heteroatoms. The van der Waals surface area contributed by atoms with Gasteiger partial charge in [-0.15, -0.1) is 0 Å². The zero-order valence-electron chi connectivity index (χ0n) is 15.1. The zero-order chi connectivity index (χ0) is 19.9. The quantitative estimate of drug-likeness (QED) is 0.616. The van der Waals surface area contributed by atoms with E-state index in [0.717, 1.165) is 5.56 Å². The van der Waals surface area contributed by atoms with Crippen LogP contribution in [0.5, 0.6) is 5.75 Å². The summed E-state index contributed by atoms with van der Waals surface area (Å²) in [5.41, 5.74) is 1.81. The fraction of sp³-hybridized carbons (Fsp3) is 0.150. The molecule has 1 amide bonds. The fourth-order valence-electron chi connectivity index (χ4n) is 2.48. The molecule has 0 fully saturated rings.